The lowest BCUT2D eigenvalue weighted by atomic mass is 10.3. The first-order valence-electron chi connectivity index (χ1n) is 4.26. The third-order valence-electron chi connectivity index (χ3n) is 1.32. The van der Waals surface area contributed by atoms with Crippen LogP contribution in [0.15, 0.2) is 0 Å². The molecule has 78 valence electrons. The lowest BCUT2D eigenvalue weighted by Gasteiger charge is -2.12. The molecule has 0 fully saturated rings. The predicted molar refractivity (Wildman–Crippen MR) is 49.4 cm³/mol. The number of carbonyl (C=O) groups excluding carboxylic acids is 1. The third kappa shape index (κ3) is 7.70. The molecule has 0 saturated heterocycles. The molecular formula is C8H18N2O3. The van der Waals surface area contributed by atoms with Crippen LogP contribution in [0.1, 0.15) is 6.92 Å². The molecule has 0 aromatic carbocycles. The molecule has 5 nitrogen and oxygen atoms in total. The van der Waals surface area contributed by atoms with Crippen LogP contribution in [0.5, 0.6) is 0 Å². The van der Waals surface area contributed by atoms with Gasteiger partial charge in [0.05, 0.1) is 13.2 Å². The van der Waals surface area contributed by atoms with E-state index in [1.807, 2.05) is 6.92 Å². The summed E-state index contributed by atoms with van der Waals surface area (Å²) in [6.07, 6.45) is 0. The zero-order valence-corrected chi connectivity index (χ0v) is 8.21. The van der Waals surface area contributed by atoms with Gasteiger partial charge in [-0.3, -0.25) is 4.79 Å². The Morgan fingerprint density at radius 3 is 2.85 bits per heavy atom. The summed E-state index contributed by atoms with van der Waals surface area (Å²) < 4.78 is 9.80. The minimum atomic E-state index is -0.141. The van der Waals surface area contributed by atoms with Crippen molar-refractivity contribution < 1.29 is 14.3 Å². The second-order valence-corrected chi connectivity index (χ2v) is 2.77. The van der Waals surface area contributed by atoms with Crippen molar-refractivity contribution in [2.24, 2.45) is 5.73 Å². The van der Waals surface area contributed by atoms with Crippen molar-refractivity contribution in [2.45, 2.75) is 13.0 Å². The van der Waals surface area contributed by atoms with Crippen LogP contribution in [-0.2, 0) is 14.3 Å². The fourth-order valence-electron chi connectivity index (χ4n) is 0.856. The molecular weight excluding hydrogens is 172 g/mol. The van der Waals surface area contributed by atoms with Crippen LogP contribution in [0, 0.1) is 0 Å². The SMILES string of the molecule is COCC(C)NC(=O)COCCN. The van der Waals surface area contributed by atoms with Gasteiger partial charge in [0, 0.05) is 19.7 Å². The molecule has 5 heteroatoms. The maximum atomic E-state index is 11.1. The minimum Gasteiger partial charge on any atom is -0.383 e. The van der Waals surface area contributed by atoms with Gasteiger partial charge in [0.1, 0.15) is 6.61 Å². The fraction of sp³-hybridized carbons (Fsp3) is 0.875. The van der Waals surface area contributed by atoms with E-state index in [1.165, 1.54) is 0 Å². The Hall–Kier alpha value is -0.650. The number of hydrogen-bond donors (Lipinski definition) is 2. The maximum Gasteiger partial charge on any atom is 0.246 e. The molecule has 0 aliphatic carbocycles. The van der Waals surface area contributed by atoms with Crippen LogP contribution in [0.3, 0.4) is 0 Å². The Bertz CT molecular complexity index is 141. The first kappa shape index (κ1) is 12.3. The number of rotatable bonds is 7. The van der Waals surface area contributed by atoms with Gasteiger partial charge < -0.3 is 20.5 Å². The summed E-state index contributed by atoms with van der Waals surface area (Å²) in [6.45, 7) is 3.27. The summed E-state index contributed by atoms with van der Waals surface area (Å²) >= 11 is 0. The number of ether oxygens (including phenoxy) is 2. The van der Waals surface area contributed by atoms with E-state index in [2.05, 4.69) is 5.32 Å². The largest absolute Gasteiger partial charge is 0.383 e. The van der Waals surface area contributed by atoms with E-state index in [-0.39, 0.29) is 18.6 Å². The molecule has 1 atom stereocenters. The van der Waals surface area contributed by atoms with Crippen molar-refractivity contribution in [2.75, 3.05) is 33.5 Å². The molecule has 0 saturated carbocycles. The zero-order chi connectivity index (χ0) is 10.1. The number of carbonyl (C=O) groups is 1. The topological polar surface area (TPSA) is 73.6 Å². The molecule has 0 aromatic heterocycles. The van der Waals surface area contributed by atoms with Gasteiger partial charge in [0.15, 0.2) is 0 Å². The second kappa shape index (κ2) is 7.97. The smallest absolute Gasteiger partial charge is 0.246 e. The van der Waals surface area contributed by atoms with Crippen molar-refractivity contribution in [1.29, 1.82) is 0 Å². The van der Waals surface area contributed by atoms with Gasteiger partial charge in [-0.05, 0) is 6.92 Å². The van der Waals surface area contributed by atoms with Crippen LogP contribution in [0.25, 0.3) is 0 Å². The molecule has 13 heavy (non-hydrogen) atoms. The molecule has 0 radical (unpaired) electrons. The summed E-state index contributed by atoms with van der Waals surface area (Å²) in [4.78, 5) is 11.1. The zero-order valence-electron chi connectivity index (χ0n) is 8.21. The van der Waals surface area contributed by atoms with Gasteiger partial charge in [-0.15, -0.1) is 0 Å². The number of amides is 1. The van der Waals surface area contributed by atoms with E-state index >= 15 is 0 Å². The Kier molecular flexibility index (Phi) is 7.57. The molecule has 0 heterocycles. The highest BCUT2D eigenvalue weighted by Crippen LogP contribution is 1.83. The Morgan fingerprint density at radius 2 is 2.31 bits per heavy atom. The summed E-state index contributed by atoms with van der Waals surface area (Å²) in [6, 6.07) is 0.0129. The lowest BCUT2D eigenvalue weighted by molar-refractivity contribution is -0.126. The minimum absolute atomic E-state index is 0.0129. The van der Waals surface area contributed by atoms with Crippen LogP contribution in [0.4, 0.5) is 0 Å². The van der Waals surface area contributed by atoms with Gasteiger partial charge in [0.25, 0.3) is 0 Å². The average molecular weight is 190 g/mol. The number of hydrogen-bond acceptors (Lipinski definition) is 4. The highest BCUT2D eigenvalue weighted by atomic mass is 16.5. The Balaban J connectivity index is 3.38. The molecule has 0 aromatic rings. The highest BCUT2D eigenvalue weighted by molar-refractivity contribution is 5.77. The lowest BCUT2D eigenvalue weighted by Crippen LogP contribution is -2.38. The maximum absolute atomic E-state index is 11.1. The molecule has 0 rings (SSSR count). The quantitative estimate of drug-likeness (QED) is 0.511. The van der Waals surface area contributed by atoms with Crippen molar-refractivity contribution in [3.05, 3.63) is 0 Å². The molecule has 0 spiro atoms. The summed E-state index contributed by atoms with van der Waals surface area (Å²) in [7, 11) is 1.59. The van der Waals surface area contributed by atoms with E-state index in [1.54, 1.807) is 7.11 Å². The molecule has 0 aliphatic heterocycles. The van der Waals surface area contributed by atoms with Crippen LogP contribution in [-0.4, -0.2) is 45.4 Å². The second-order valence-electron chi connectivity index (χ2n) is 2.77. The normalized spacial score (nSPS) is 12.5. The first-order valence-corrected chi connectivity index (χ1v) is 4.26. The molecule has 3 N–H and O–H groups in total. The fourth-order valence-corrected chi connectivity index (χ4v) is 0.856. The van der Waals surface area contributed by atoms with Crippen LogP contribution in [0.2, 0.25) is 0 Å². The number of nitrogens with one attached hydrogen (secondary N) is 1. The van der Waals surface area contributed by atoms with E-state index in [9.17, 15) is 4.79 Å². The predicted octanol–water partition coefficient (Wildman–Crippen LogP) is -0.887. The Labute approximate surface area is 78.6 Å². The van der Waals surface area contributed by atoms with Crippen LogP contribution >= 0.6 is 0 Å². The van der Waals surface area contributed by atoms with E-state index in [0.29, 0.717) is 19.8 Å². The van der Waals surface area contributed by atoms with Gasteiger partial charge in [-0.2, -0.15) is 0 Å². The summed E-state index contributed by atoms with van der Waals surface area (Å²) in [5.41, 5.74) is 5.19. The summed E-state index contributed by atoms with van der Waals surface area (Å²) in [5, 5.41) is 2.71. The van der Waals surface area contributed by atoms with E-state index < -0.39 is 0 Å². The monoisotopic (exact) mass is 190 g/mol. The van der Waals surface area contributed by atoms with E-state index in [0.717, 1.165) is 0 Å². The van der Waals surface area contributed by atoms with E-state index in [4.69, 9.17) is 15.2 Å². The number of nitrogens with two attached hydrogens (primary N) is 1. The molecule has 1 amide bonds. The summed E-state index contributed by atoms with van der Waals surface area (Å²) in [5.74, 6) is -0.141. The Morgan fingerprint density at radius 1 is 1.62 bits per heavy atom. The van der Waals surface area contributed by atoms with Gasteiger partial charge in [-0.1, -0.05) is 0 Å². The van der Waals surface area contributed by atoms with Crippen molar-refractivity contribution in [3.63, 3.8) is 0 Å². The van der Waals surface area contributed by atoms with Gasteiger partial charge in [0.2, 0.25) is 5.91 Å². The third-order valence-corrected chi connectivity index (χ3v) is 1.32. The molecule has 0 bridgehead atoms. The van der Waals surface area contributed by atoms with Crippen molar-refractivity contribution in [1.82, 2.24) is 5.32 Å². The standard InChI is InChI=1S/C8H18N2O3/c1-7(5-12-2)10-8(11)6-13-4-3-9/h7H,3-6,9H2,1-2H3,(H,10,11). The number of methoxy groups -OCH3 is 1. The highest BCUT2D eigenvalue weighted by Gasteiger charge is 2.05. The van der Waals surface area contributed by atoms with Crippen molar-refractivity contribution >= 4 is 5.91 Å². The molecule has 1 unspecified atom stereocenters. The van der Waals surface area contributed by atoms with Crippen molar-refractivity contribution in [3.8, 4) is 0 Å². The van der Waals surface area contributed by atoms with Gasteiger partial charge in [-0.25, -0.2) is 0 Å². The average Bonchev–Trinajstić information content (AvgIpc) is 2.05. The van der Waals surface area contributed by atoms with Gasteiger partial charge >= 0.3 is 0 Å². The molecule has 0 aliphatic rings. The first-order chi connectivity index (χ1) is 6.20. The van der Waals surface area contributed by atoms with Crippen LogP contribution < -0.4 is 11.1 Å².